The van der Waals surface area contributed by atoms with Gasteiger partial charge in [0.1, 0.15) is 11.5 Å². The maximum Gasteiger partial charge on any atom is 0.118 e. The summed E-state index contributed by atoms with van der Waals surface area (Å²) in [5.74, 6) is 1.69. The number of fused-ring (bicyclic) bond motifs is 3. The van der Waals surface area contributed by atoms with Gasteiger partial charge in [0.2, 0.25) is 0 Å². The molecule has 0 saturated heterocycles. The van der Waals surface area contributed by atoms with Crippen molar-refractivity contribution in [3.8, 4) is 39.4 Å². The van der Waals surface area contributed by atoms with Crippen LogP contribution in [0.15, 0.2) is 212 Å². The number of hydrogen-bond acceptors (Lipinski definition) is 2. The van der Waals surface area contributed by atoms with Crippen molar-refractivity contribution in [2.24, 2.45) is 0 Å². The van der Waals surface area contributed by atoms with E-state index in [-0.39, 0.29) is 0 Å². The SMILES string of the molecule is COc1ccc(-c2ccc3c(c2)C2(c4ccccc4)c4ccccc4C3(c3cccc(-n4c5ccccc5c5ccccc54)c3)c3ccc(-c4ccc(OC)cc4)cc32)cc1. The van der Waals surface area contributed by atoms with E-state index in [1.807, 2.05) is 0 Å². The summed E-state index contributed by atoms with van der Waals surface area (Å²) in [7, 11) is 3.44. The molecule has 1 heterocycles. The third-order valence-electron chi connectivity index (χ3n) is 13.6. The lowest BCUT2D eigenvalue weighted by Crippen LogP contribution is -2.52. The zero-order valence-corrected chi connectivity index (χ0v) is 34.0. The minimum absolute atomic E-state index is 0.611. The Morgan fingerprint density at radius 2 is 0.754 bits per heavy atom. The zero-order valence-electron chi connectivity index (χ0n) is 34.0. The van der Waals surface area contributed by atoms with Gasteiger partial charge in [-0.3, -0.25) is 0 Å². The van der Waals surface area contributed by atoms with Gasteiger partial charge in [0, 0.05) is 16.5 Å². The van der Waals surface area contributed by atoms with Crippen LogP contribution in [0.2, 0.25) is 0 Å². The van der Waals surface area contributed by atoms with Crippen LogP contribution in [0.5, 0.6) is 11.5 Å². The third kappa shape index (κ3) is 4.86. The Balaban J connectivity index is 1.21. The Morgan fingerprint density at radius 3 is 1.28 bits per heavy atom. The number of rotatable bonds is 7. The van der Waals surface area contributed by atoms with Crippen molar-refractivity contribution in [1.29, 1.82) is 0 Å². The summed E-state index contributed by atoms with van der Waals surface area (Å²) < 4.78 is 13.6. The molecular weight excluding hydrogens is 743 g/mol. The number of ether oxygens (including phenoxy) is 2. The van der Waals surface area contributed by atoms with E-state index in [1.54, 1.807) is 14.2 Å². The molecule has 3 nitrogen and oxygen atoms in total. The third-order valence-corrected chi connectivity index (χ3v) is 13.6. The molecule has 13 rings (SSSR count). The molecule has 0 spiro atoms. The number of aromatic nitrogens is 1. The minimum Gasteiger partial charge on any atom is -0.497 e. The van der Waals surface area contributed by atoms with Gasteiger partial charge in [-0.05, 0) is 127 Å². The first-order valence-electron chi connectivity index (χ1n) is 21.0. The summed E-state index contributed by atoms with van der Waals surface area (Å²) in [5.41, 5.74) is 17.2. The molecule has 0 atom stereocenters. The number of methoxy groups -OCH3 is 2. The summed E-state index contributed by atoms with van der Waals surface area (Å²) in [5, 5.41) is 2.51. The first kappa shape index (κ1) is 35.3. The van der Waals surface area contributed by atoms with E-state index < -0.39 is 10.8 Å². The van der Waals surface area contributed by atoms with E-state index in [9.17, 15) is 0 Å². The molecule has 0 N–H and O–H groups in total. The van der Waals surface area contributed by atoms with Gasteiger partial charge in [-0.25, -0.2) is 0 Å². The Morgan fingerprint density at radius 1 is 0.328 bits per heavy atom. The summed E-state index contributed by atoms with van der Waals surface area (Å²) in [4.78, 5) is 0. The van der Waals surface area contributed by atoms with Crippen LogP contribution in [0.25, 0.3) is 49.7 Å². The lowest BCUT2D eigenvalue weighted by molar-refractivity contribution is 0.415. The van der Waals surface area contributed by atoms with Crippen LogP contribution in [-0.2, 0) is 10.8 Å². The van der Waals surface area contributed by atoms with E-state index in [0.717, 1.165) is 28.3 Å². The van der Waals surface area contributed by atoms with Crippen molar-refractivity contribution in [3.05, 3.63) is 257 Å². The monoisotopic (exact) mass is 783 g/mol. The summed E-state index contributed by atoms with van der Waals surface area (Å²) >= 11 is 0. The van der Waals surface area contributed by atoms with Gasteiger partial charge in [0.15, 0.2) is 0 Å². The average Bonchev–Trinajstić information content (AvgIpc) is 3.68. The van der Waals surface area contributed by atoms with Gasteiger partial charge >= 0.3 is 0 Å². The number of benzene rings is 9. The number of hydrogen-bond donors (Lipinski definition) is 0. The van der Waals surface area contributed by atoms with E-state index in [4.69, 9.17) is 9.47 Å². The molecule has 61 heavy (non-hydrogen) atoms. The summed E-state index contributed by atoms with van der Waals surface area (Å²) in [6.07, 6.45) is 0. The fourth-order valence-electron chi connectivity index (χ4n) is 11.0. The highest BCUT2D eigenvalue weighted by atomic mass is 16.5. The molecule has 0 fully saturated rings. The first-order chi connectivity index (χ1) is 30.1. The molecule has 0 aliphatic heterocycles. The van der Waals surface area contributed by atoms with Crippen LogP contribution in [0.4, 0.5) is 0 Å². The van der Waals surface area contributed by atoms with Crippen molar-refractivity contribution >= 4 is 21.8 Å². The second-order valence-corrected chi connectivity index (χ2v) is 16.3. The van der Waals surface area contributed by atoms with E-state index in [0.29, 0.717) is 0 Å². The highest BCUT2D eigenvalue weighted by molar-refractivity contribution is 6.09. The Kier molecular flexibility index (Phi) is 7.79. The van der Waals surface area contributed by atoms with Crippen LogP contribution < -0.4 is 9.47 Å². The van der Waals surface area contributed by atoms with E-state index in [1.165, 1.54) is 77.4 Å². The maximum atomic E-state index is 5.59. The second-order valence-electron chi connectivity index (χ2n) is 16.3. The van der Waals surface area contributed by atoms with E-state index in [2.05, 4.69) is 217 Å². The molecular formula is C58H41NO2. The van der Waals surface area contributed by atoms with E-state index >= 15 is 0 Å². The molecule has 3 aliphatic carbocycles. The van der Waals surface area contributed by atoms with Crippen LogP contribution >= 0.6 is 0 Å². The predicted molar refractivity (Wildman–Crippen MR) is 248 cm³/mol. The van der Waals surface area contributed by atoms with Crippen LogP contribution in [-0.4, -0.2) is 18.8 Å². The van der Waals surface area contributed by atoms with Crippen LogP contribution in [0.1, 0.15) is 44.5 Å². The zero-order chi connectivity index (χ0) is 40.7. The molecule has 1 aromatic heterocycles. The van der Waals surface area contributed by atoms with Gasteiger partial charge in [-0.15, -0.1) is 0 Å². The molecule has 0 amide bonds. The molecule has 3 heteroatoms. The Bertz CT molecular complexity index is 3170. The highest BCUT2D eigenvalue weighted by Crippen LogP contribution is 2.67. The quantitative estimate of drug-likeness (QED) is 0.161. The van der Waals surface area contributed by atoms with Gasteiger partial charge in [-0.1, -0.05) is 152 Å². The molecule has 290 valence electrons. The number of nitrogens with zero attached hydrogens (tertiary/aromatic N) is 1. The summed E-state index contributed by atoms with van der Waals surface area (Å²) in [6.45, 7) is 0. The topological polar surface area (TPSA) is 23.4 Å². The first-order valence-corrected chi connectivity index (χ1v) is 21.0. The molecule has 0 radical (unpaired) electrons. The van der Waals surface area contributed by atoms with Gasteiger partial charge in [-0.2, -0.15) is 0 Å². The summed E-state index contributed by atoms with van der Waals surface area (Å²) in [6, 6.07) is 78.7. The van der Waals surface area contributed by atoms with Crippen LogP contribution in [0.3, 0.4) is 0 Å². The lowest BCUT2D eigenvalue weighted by atomic mass is 9.44. The molecule has 10 aromatic rings. The van der Waals surface area contributed by atoms with Gasteiger partial charge < -0.3 is 14.0 Å². The Hall–Kier alpha value is -7.62. The molecule has 9 aromatic carbocycles. The largest absolute Gasteiger partial charge is 0.497 e. The van der Waals surface area contributed by atoms with Gasteiger partial charge in [0.25, 0.3) is 0 Å². The fourth-order valence-corrected chi connectivity index (χ4v) is 11.0. The molecule has 3 aliphatic rings. The minimum atomic E-state index is -0.635. The molecule has 2 bridgehead atoms. The Labute approximate surface area is 355 Å². The normalized spacial score (nSPS) is 17.1. The van der Waals surface area contributed by atoms with Crippen molar-refractivity contribution in [2.75, 3.05) is 14.2 Å². The van der Waals surface area contributed by atoms with Crippen LogP contribution in [0, 0.1) is 0 Å². The maximum absolute atomic E-state index is 5.59. The highest BCUT2D eigenvalue weighted by Gasteiger charge is 2.60. The van der Waals surface area contributed by atoms with Crippen molar-refractivity contribution in [2.45, 2.75) is 10.8 Å². The lowest BCUT2D eigenvalue weighted by Gasteiger charge is -2.57. The molecule has 0 unspecified atom stereocenters. The molecule has 0 saturated carbocycles. The van der Waals surface area contributed by atoms with Crippen molar-refractivity contribution < 1.29 is 9.47 Å². The number of para-hydroxylation sites is 2. The standard InChI is InChI=1S/C58H41NO2/c1-60-45-29-23-38(24-30-45)40-27-33-51-53(35-40)57(42-13-4-3-5-14-42)49-19-8-9-20-50(49)58(51,52-34-28-41(36-54(52)57)39-25-31-46(61-2)32-26-39)43-15-12-16-44(37-43)59-55-21-10-6-17-47(55)48-18-7-11-22-56(48)59/h3-37H,1-2H3. The average molecular weight is 784 g/mol. The smallest absolute Gasteiger partial charge is 0.118 e. The van der Waals surface area contributed by atoms with Crippen molar-refractivity contribution in [3.63, 3.8) is 0 Å². The van der Waals surface area contributed by atoms with Crippen molar-refractivity contribution in [1.82, 2.24) is 4.57 Å². The predicted octanol–water partition coefficient (Wildman–Crippen LogP) is 13.5. The fraction of sp³-hybridized carbons (Fsp3) is 0.0690. The van der Waals surface area contributed by atoms with Gasteiger partial charge in [0.05, 0.1) is 36.1 Å². The second kappa shape index (κ2) is 13.5.